The van der Waals surface area contributed by atoms with Crippen molar-refractivity contribution in [2.24, 2.45) is 5.92 Å². The molecule has 1 aliphatic carbocycles. The fourth-order valence-corrected chi connectivity index (χ4v) is 7.38. The highest BCUT2D eigenvalue weighted by Crippen LogP contribution is 2.45. The zero-order valence-corrected chi connectivity index (χ0v) is 20.0. The summed E-state index contributed by atoms with van der Waals surface area (Å²) < 4.78 is 0. The van der Waals surface area contributed by atoms with Crippen LogP contribution in [0.25, 0.3) is 20.7 Å². The molecule has 1 amide bonds. The molecule has 4 aromatic heterocycles. The monoisotopic (exact) mass is 490 g/mol. The Morgan fingerprint density at radius 2 is 2.03 bits per heavy atom. The summed E-state index contributed by atoms with van der Waals surface area (Å²) in [7, 11) is 0. The van der Waals surface area contributed by atoms with E-state index in [2.05, 4.69) is 29.4 Å². The summed E-state index contributed by atoms with van der Waals surface area (Å²) in [6.45, 7) is 2.20. The first-order valence-corrected chi connectivity index (χ1v) is 12.8. The van der Waals surface area contributed by atoms with Crippen LogP contribution < -0.4 is 16.8 Å². The molecule has 5 N–H and O–H groups in total. The number of anilines is 3. The molecule has 1 atom stereocenters. The number of rotatable bonds is 3. The number of nitriles is 2. The van der Waals surface area contributed by atoms with E-state index in [1.165, 1.54) is 22.7 Å². The molecule has 10 heteroatoms. The number of amides is 1. The van der Waals surface area contributed by atoms with Gasteiger partial charge in [-0.05, 0) is 42.2 Å². The molecular formula is C23H18N6OS3. The molecule has 0 aromatic carbocycles. The topological polar surface area (TPSA) is 142 Å². The zero-order chi connectivity index (χ0) is 23.3. The highest BCUT2D eigenvalue weighted by molar-refractivity contribution is 7.22. The number of aromatic nitrogens is 1. The van der Waals surface area contributed by atoms with Crippen molar-refractivity contribution in [1.82, 2.24) is 4.98 Å². The molecule has 0 saturated heterocycles. The lowest BCUT2D eigenvalue weighted by atomic mass is 9.89. The molecule has 0 radical (unpaired) electrons. The number of nitrogens with one attached hydrogen (secondary N) is 1. The number of pyridine rings is 1. The average molecular weight is 491 g/mol. The minimum atomic E-state index is -0.396. The maximum Gasteiger partial charge on any atom is 0.268 e. The van der Waals surface area contributed by atoms with Gasteiger partial charge in [0.1, 0.15) is 38.2 Å². The lowest BCUT2D eigenvalue weighted by Gasteiger charge is -2.17. The molecule has 0 bridgehead atoms. The zero-order valence-electron chi connectivity index (χ0n) is 17.6. The van der Waals surface area contributed by atoms with E-state index in [0.717, 1.165) is 45.9 Å². The van der Waals surface area contributed by atoms with Crippen molar-refractivity contribution in [2.75, 3.05) is 16.8 Å². The molecule has 0 saturated carbocycles. The Bertz CT molecular complexity index is 1500. The quantitative estimate of drug-likeness (QED) is 0.352. The van der Waals surface area contributed by atoms with Gasteiger partial charge in [-0.15, -0.1) is 34.0 Å². The molecule has 0 spiro atoms. The number of hydrogen-bond donors (Lipinski definition) is 3. The fraction of sp³-hybridized carbons (Fsp3) is 0.217. The minimum absolute atomic E-state index is 0.105. The molecule has 4 heterocycles. The van der Waals surface area contributed by atoms with Crippen LogP contribution in [0.2, 0.25) is 0 Å². The van der Waals surface area contributed by atoms with Crippen molar-refractivity contribution in [3.63, 3.8) is 0 Å². The number of nitrogens with two attached hydrogens (primary N) is 2. The Kier molecular flexibility index (Phi) is 5.29. The first kappa shape index (κ1) is 21.4. The molecule has 1 aliphatic rings. The number of thiophene rings is 3. The molecular weight excluding hydrogens is 472 g/mol. The lowest BCUT2D eigenvalue weighted by molar-refractivity contribution is 0.103. The Hall–Kier alpha value is -3.44. The summed E-state index contributed by atoms with van der Waals surface area (Å²) in [5.41, 5.74) is 15.2. The Labute approximate surface area is 201 Å². The van der Waals surface area contributed by atoms with Gasteiger partial charge in [-0.2, -0.15) is 10.5 Å². The Morgan fingerprint density at radius 3 is 2.73 bits per heavy atom. The van der Waals surface area contributed by atoms with Crippen molar-refractivity contribution < 1.29 is 4.79 Å². The van der Waals surface area contributed by atoms with Gasteiger partial charge in [0.15, 0.2) is 0 Å². The third-order valence-corrected chi connectivity index (χ3v) is 9.00. The molecule has 0 fully saturated rings. The Balaban J connectivity index is 1.60. The van der Waals surface area contributed by atoms with Crippen LogP contribution >= 0.6 is 34.0 Å². The number of fused-ring (bicyclic) bond motifs is 2. The second-order valence-electron chi connectivity index (χ2n) is 7.98. The summed E-state index contributed by atoms with van der Waals surface area (Å²) in [5.74, 6) is 0.271. The third kappa shape index (κ3) is 3.44. The minimum Gasteiger partial charge on any atom is -0.397 e. The number of nitrogen functional groups attached to an aromatic ring is 2. The highest BCUT2D eigenvalue weighted by Gasteiger charge is 2.28. The third-order valence-electron chi connectivity index (χ3n) is 5.84. The molecule has 0 aliphatic heterocycles. The molecule has 1 unspecified atom stereocenters. The average Bonchev–Trinajstić information content (AvgIpc) is 3.50. The highest BCUT2D eigenvalue weighted by atomic mass is 32.1. The summed E-state index contributed by atoms with van der Waals surface area (Å²) in [4.78, 5) is 20.4. The van der Waals surface area contributed by atoms with Gasteiger partial charge in [0.05, 0.1) is 11.3 Å². The maximum atomic E-state index is 13.3. The lowest BCUT2D eigenvalue weighted by Crippen LogP contribution is -2.12. The van der Waals surface area contributed by atoms with E-state index < -0.39 is 5.91 Å². The van der Waals surface area contributed by atoms with E-state index in [1.807, 2.05) is 17.5 Å². The number of carbonyl (C=O) groups is 1. The molecule has 33 heavy (non-hydrogen) atoms. The standard InChI is InChI=1S/C23H18N6OS3/c1-10-4-5-11-12(8-24)22(32-15(11)7-10)29-21(30)19-18(26)17-16(14-3-2-6-31-14)13(9-25)20(27)28-23(17)33-19/h2-3,6,10H,4-5,7,26H2,1H3,(H2,27,28)(H,29,30). The second kappa shape index (κ2) is 8.16. The largest absolute Gasteiger partial charge is 0.397 e. The molecule has 7 nitrogen and oxygen atoms in total. The summed E-state index contributed by atoms with van der Waals surface area (Å²) in [6, 6.07) is 8.16. The van der Waals surface area contributed by atoms with Gasteiger partial charge in [0, 0.05) is 20.7 Å². The van der Waals surface area contributed by atoms with Crippen LogP contribution in [-0.2, 0) is 12.8 Å². The number of hydrogen-bond acceptors (Lipinski definition) is 9. The molecule has 4 aromatic rings. The van der Waals surface area contributed by atoms with E-state index in [1.54, 1.807) is 0 Å². The molecule has 164 valence electrons. The predicted molar refractivity (Wildman–Crippen MR) is 135 cm³/mol. The van der Waals surface area contributed by atoms with Crippen molar-refractivity contribution in [3.05, 3.63) is 44.0 Å². The summed E-state index contributed by atoms with van der Waals surface area (Å²) in [5, 5.41) is 25.4. The van der Waals surface area contributed by atoms with Crippen LogP contribution in [0.5, 0.6) is 0 Å². The smallest absolute Gasteiger partial charge is 0.268 e. The normalized spacial score (nSPS) is 15.1. The van der Waals surface area contributed by atoms with Crippen molar-refractivity contribution >= 4 is 66.6 Å². The molecule has 5 rings (SSSR count). The predicted octanol–water partition coefficient (Wildman–Crippen LogP) is 5.37. The van der Waals surface area contributed by atoms with Gasteiger partial charge in [-0.3, -0.25) is 4.79 Å². The van der Waals surface area contributed by atoms with Gasteiger partial charge in [0.25, 0.3) is 5.91 Å². The first-order chi connectivity index (χ1) is 15.9. The van der Waals surface area contributed by atoms with Gasteiger partial charge in [0.2, 0.25) is 0 Å². The van der Waals surface area contributed by atoms with Crippen molar-refractivity contribution in [2.45, 2.75) is 26.2 Å². The van der Waals surface area contributed by atoms with E-state index in [4.69, 9.17) is 11.5 Å². The van der Waals surface area contributed by atoms with E-state index in [-0.39, 0.29) is 21.9 Å². The summed E-state index contributed by atoms with van der Waals surface area (Å²) >= 11 is 4.06. The first-order valence-electron chi connectivity index (χ1n) is 10.2. The van der Waals surface area contributed by atoms with Crippen LogP contribution in [0.1, 0.15) is 44.6 Å². The summed E-state index contributed by atoms with van der Waals surface area (Å²) in [6.07, 6.45) is 2.80. The van der Waals surface area contributed by atoms with E-state index >= 15 is 0 Å². The van der Waals surface area contributed by atoms with Gasteiger partial charge >= 0.3 is 0 Å². The van der Waals surface area contributed by atoms with Crippen LogP contribution in [0.4, 0.5) is 16.5 Å². The number of nitrogens with zero attached hydrogens (tertiary/aromatic N) is 3. The van der Waals surface area contributed by atoms with Crippen molar-refractivity contribution in [3.8, 4) is 22.6 Å². The fourth-order valence-electron chi connectivity index (χ4n) is 4.24. The van der Waals surface area contributed by atoms with Crippen LogP contribution in [0, 0.1) is 28.6 Å². The Morgan fingerprint density at radius 1 is 1.24 bits per heavy atom. The van der Waals surface area contributed by atoms with Crippen LogP contribution in [0.3, 0.4) is 0 Å². The van der Waals surface area contributed by atoms with Crippen LogP contribution in [-0.4, -0.2) is 10.9 Å². The van der Waals surface area contributed by atoms with E-state index in [0.29, 0.717) is 32.3 Å². The van der Waals surface area contributed by atoms with Gasteiger partial charge < -0.3 is 16.8 Å². The second-order valence-corrected chi connectivity index (χ2v) is 11.0. The van der Waals surface area contributed by atoms with Crippen molar-refractivity contribution in [1.29, 1.82) is 10.5 Å². The van der Waals surface area contributed by atoms with E-state index in [9.17, 15) is 15.3 Å². The van der Waals surface area contributed by atoms with Gasteiger partial charge in [-0.1, -0.05) is 13.0 Å². The number of carbonyl (C=O) groups excluding carboxylic acids is 1. The van der Waals surface area contributed by atoms with Crippen LogP contribution in [0.15, 0.2) is 17.5 Å². The maximum absolute atomic E-state index is 13.3. The van der Waals surface area contributed by atoms with Gasteiger partial charge in [-0.25, -0.2) is 4.98 Å². The SMILES string of the molecule is CC1CCc2c(sc(NC(=O)c3sc4nc(N)c(C#N)c(-c5cccs5)c4c3N)c2C#N)C1.